The third-order valence-electron chi connectivity index (χ3n) is 6.57. The minimum atomic E-state index is -0.482. The van der Waals surface area contributed by atoms with E-state index in [2.05, 4.69) is 10.8 Å². The second kappa shape index (κ2) is 8.11. The van der Waals surface area contributed by atoms with Gasteiger partial charge in [0, 0.05) is 43.1 Å². The number of terminal acetylenes is 1. The van der Waals surface area contributed by atoms with Crippen LogP contribution in [0, 0.1) is 19.3 Å². The van der Waals surface area contributed by atoms with Crippen LogP contribution in [0.25, 0.3) is 5.69 Å². The molecule has 2 aromatic carbocycles. The molecule has 1 saturated heterocycles. The first-order chi connectivity index (χ1) is 15.8. The Labute approximate surface area is 201 Å². The minimum absolute atomic E-state index is 0.218. The Morgan fingerprint density at radius 2 is 1.97 bits per heavy atom. The summed E-state index contributed by atoms with van der Waals surface area (Å²) < 4.78 is 7.82. The molecule has 0 unspecified atom stereocenters. The van der Waals surface area contributed by atoms with Gasteiger partial charge in [0.25, 0.3) is 5.56 Å². The molecule has 3 heterocycles. The lowest BCUT2D eigenvalue weighted by molar-refractivity contribution is 0.0431. The van der Waals surface area contributed by atoms with Gasteiger partial charge in [-0.15, -0.1) is 6.42 Å². The van der Waals surface area contributed by atoms with Gasteiger partial charge in [-0.05, 0) is 37.3 Å². The average Bonchev–Trinajstić information content (AvgIpc) is 3.07. The van der Waals surface area contributed by atoms with Crippen molar-refractivity contribution in [1.29, 1.82) is 0 Å². The molecule has 0 amide bonds. The Balaban J connectivity index is 1.39. The van der Waals surface area contributed by atoms with E-state index in [-0.39, 0.29) is 11.6 Å². The summed E-state index contributed by atoms with van der Waals surface area (Å²) >= 11 is 12.5. The summed E-state index contributed by atoms with van der Waals surface area (Å²) in [5.41, 5.74) is 8.18. The van der Waals surface area contributed by atoms with E-state index in [0.717, 1.165) is 16.9 Å². The number of benzene rings is 2. The number of aryl methyl sites for hydroxylation is 1. The number of anilines is 1. The summed E-state index contributed by atoms with van der Waals surface area (Å²) in [5, 5.41) is 0.702. The normalized spacial score (nSPS) is 18.6. The number of rotatable bonds is 2. The molecule has 3 aromatic rings. The van der Waals surface area contributed by atoms with Crippen LogP contribution >= 0.6 is 23.2 Å². The number of nitrogens with two attached hydrogens (primary N) is 1. The van der Waals surface area contributed by atoms with Gasteiger partial charge in [0.05, 0.1) is 21.8 Å². The third kappa shape index (κ3) is 3.57. The number of aromatic nitrogens is 2. The van der Waals surface area contributed by atoms with Gasteiger partial charge in [0.15, 0.2) is 0 Å². The van der Waals surface area contributed by atoms with Crippen LogP contribution in [0.3, 0.4) is 0 Å². The van der Waals surface area contributed by atoms with Crippen molar-refractivity contribution in [2.75, 3.05) is 18.0 Å². The maximum Gasteiger partial charge on any atom is 0.260 e. The molecule has 0 bridgehead atoms. The van der Waals surface area contributed by atoms with Gasteiger partial charge in [-0.3, -0.25) is 9.36 Å². The second-order valence-corrected chi connectivity index (χ2v) is 9.22. The number of hydrogen-bond acceptors (Lipinski definition) is 5. The molecule has 1 aromatic heterocycles. The van der Waals surface area contributed by atoms with Crippen molar-refractivity contribution in [3.8, 4) is 23.8 Å². The number of hydrogen-bond donors (Lipinski definition) is 1. The summed E-state index contributed by atoms with van der Waals surface area (Å²) in [6.07, 6.45) is 6.96. The van der Waals surface area contributed by atoms with E-state index >= 15 is 0 Å². The van der Waals surface area contributed by atoms with Crippen LogP contribution in [0.1, 0.15) is 35.8 Å². The molecule has 168 valence electrons. The van der Waals surface area contributed by atoms with Crippen molar-refractivity contribution in [3.63, 3.8) is 0 Å². The van der Waals surface area contributed by atoms with Gasteiger partial charge in [-0.1, -0.05) is 35.2 Å². The van der Waals surface area contributed by atoms with E-state index in [1.54, 1.807) is 25.1 Å². The van der Waals surface area contributed by atoms with E-state index in [4.69, 9.17) is 45.1 Å². The fourth-order valence-electron chi connectivity index (χ4n) is 4.77. The number of fused-ring (bicyclic) bond motifs is 1. The van der Waals surface area contributed by atoms with Gasteiger partial charge in [-0.25, -0.2) is 4.98 Å². The molecule has 0 saturated carbocycles. The molecule has 2 N–H and O–H groups in total. The van der Waals surface area contributed by atoms with E-state index in [9.17, 15) is 4.79 Å². The van der Waals surface area contributed by atoms with Crippen molar-refractivity contribution in [3.05, 3.63) is 79.8 Å². The molecule has 2 aliphatic rings. The van der Waals surface area contributed by atoms with Crippen molar-refractivity contribution in [2.24, 2.45) is 5.73 Å². The van der Waals surface area contributed by atoms with Crippen LogP contribution < -0.4 is 20.9 Å². The average molecular weight is 481 g/mol. The van der Waals surface area contributed by atoms with Crippen LogP contribution in [-0.2, 0) is 0 Å². The van der Waals surface area contributed by atoms with E-state index in [0.29, 0.717) is 53.3 Å². The van der Waals surface area contributed by atoms with Gasteiger partial charge in [-0.2, -0.15) is 0 Å². The highest BCUT2D eigenvalue weighted by atomic mass is 35.5. The maximum absolute atomic E-state index is 13.0. The molecule has 5 rings (SSSR count). The molecule has 6 nitrogen and oxygen atoms in total. The molecular formula is C25H22Cl2N4O2. The Morgan fingerprint density at radius 3 is 2.67 bits per heavy atom. The summed E-state index contributed by atoms with van der Waals surface area (Å²) in [5.74, 6) is 4.61. The maximum atomic E-state index is 13.0. The third-order valence-corrected chi connectivity index (χ3v) is 7.38. The quantitative estimate of drug-likeness (QED) is 0.554. The Kier molecular flexibility index (Phi) is 5.37. The van der Waals surface area contributed by atoms with Crippen molar-refractivity contribution < 1.29 is 4.74 Å². The zero-order valence-electron chi connectivity index (χ0n) is 18.0. The summed E-state index contributed by atoms with van der Waals surface area (Å²) in [4.78, 5) is 19.8. The lowest BCUT2D eigenvalue weighted by Gasteiger charge is -2.41. The second-order valence-electron chi connectivity index (χ2n) is 8.44. The molecule has 33 heavy (non-hydrogen) atoms. The van der Waals surface area contributed by atoms with Gasteiger partial charge >= 0.3 is 0 Å². The fourth-order valence-corrected chi connectivity index (χ4v) is 5.15. The molecule has 1 spiro atoms. The van der Waals surface area contributed by atoms with Crippen molar-refractivity contribution >= 4 is 29.0 Å². The lowest BCUT2D eigenvalue weighted by atomic mass is 9.83. The lowest BCUT2D eigenvalue weighted by Crippen LogP contribution is -2.51. The van der Waals surface area contributed by atoms with Gasteiger partial charge in [0.2, 0.25) is 0 Å². The van der Waals surface area contributed by atoms with E-state index in [1.165, 1.54) is 10.6 Å². The minimum Gasteiger partial charge on any atom is -0.485 e. The first-order valence-corrected chi connectivity index (χ1v) is 11.4. The van der Waals surface area contributed by atoms with Crippen LogP contribution in [-0.4, -0.2) is 28.2 Å². The SMILES string of the molecule is C#Cc1ccc2c(c1)[C@@H](N)C1(CCN(c3cc(=O)n(-c4cccc(Cl)c4Cl)c(C)n3)CC1)O2. The molecule has 0 radical (unpaired) electrons. The highest BCUT2D eigenvalue weighted by Gasteiger charge is 2.48. The van der Waals surface area contributed by atoms with Crippen LogP contribution in [0.15, 0.2) is 47.3 Å². The first kappa shape index (κ1) is 21.8. The summed E-state index contributed by atoms with van der Waals surface area (Å²) in [6, 6.07) is 12.2. The Morgan fingerprint density at radius 1 is 1.21 bits per heavy atom. The zero-order chi connectivity index (χ0) is 23.3. The molecule has 0 aliphatic carbocycles. The van der Waals surface area contributed by atoms with Crippen molar-refractivity contribution in [1.82, 2.24) is 9.55 Å². The van der Waals surface area contributed by atoms with Crippen LogP contribution in [0.5, 0.6) is 5.75 Å². The highest BCUT2D eigenvalue weighted by Crippen LogP contribution is 2.47. The van der Waals surface area contributed by atoms with Crippen molar-refractivity contribution in [2.45, 2.75) is 31.4 Å². The van der Waals surface area contributed by atoms with E-state index < -0.39 is 5.60 Å². The standard InChI is InChI=1S/C25H22Cl2N4O2/c1-3-16-7-8-20-17(13-16)24(28)25(33-20)9-11-30(12-10-25)21-14-22(32)31(15(2)29-21)19-6-4-5-18(26)23(19)27/h1,4-8,13-14,24H,9-12,28H2,2H3/t24-/m1/s1. The predicted molar refractivity (Wildman–Crippen MR) is 131 cm³/mol. The topological polar surface area (TPSA) is 73.4 Å². The first-order valence-electron chi connectivity index (χ1n) is 10.7. The number of nitrogens with zero attached hydrogens (tertiary/aromatic N) is 3. The number of ether oxygens (including phenoxy) is 1. The van der Waals surface area contributed by atoms with E-state index in [1.807, 2.05) is 18.2 Å². The summed E-state index contributed by atoms with van der Waals surface area (Å²) in [6.45, 7) is 3.11. The number of halogens is 2. The smallest absolute Gasteiger partial charge is 0.260 e. The molecule has 2 aliphatic heterocycles. The molecular weight excluding hydrogens is 459 g/mol. The fraction of sp³-hybridized carbons (Fsp3) is 0.280. The van der Waals surface area contributed by atoms with Crippen LogP contribution in [0.4, 0.5) is 5.82 Å². The Hall–Kier alpha value is -2.98. The highest BCUT2D eigenvalue weighted by molar-refractivity contribution is 6.43. The number of piperidine rings is 1. The molecule has 1 fully saturated rings. The van der Waals surface area contributed by atoms with Crippen LogP contribution in [0.2, 0.25) is 10.0 Å². The van der Waals surface area contributed by atoms with Gasteiger partial charge < -0.3 is 15.4 Å². The predicted octanol–water partition coefficient (Wildman–Crippen LogP) is 4.26. The largest absolute Gasteiger partial charge is 0.485 e. The molecule has 1 atom stereocenters. The van der Waals surface area contributed by atoms with Gasteiger partial charge in [0.1, 0.15) is 23.0 Å². The summed E-state index contributed by atoms with van der Waals surface area (Å²) in [7, 11) is 0. The molecule has 8 heteroatoms. The zero-order valence-corrected chi connectivity index (χ0v) is 19.5. The Bertz CT molecular complexity index is 1350. The monoisotopic (exact) mass is 480 g/mol.